The fourth-order valence-electron chi connectivity index (χ4n) is 5.21. The molecule has 1 amide bonds. The number of phosphoric acid groups is 2. The third-order valence-corrected chi connectivity index (χ3v) is 11.0. The van der Waals surface area contributed by atoms with Gasteiger partial charge in [-0.1, -0.05) is 0 Å². The van der Waals surface area contributed by atoms with Crippen LogP contribution in [0.15, 0.2) is 26.1 Å². The number of aromatic nitrogens is 2. The molecule has 5 aliphatic rings. The average molecular weight is 743 g/mol. The van der Waals surface area contributed by atoms with E-state index in [9.17, 15) is 38.7 Å². The molecule has 10 atom stereocenters. The number of ether oxygens (including phenoxy) is 2. The van der Waals surface area contributed by atoms with Crippen molar-refractivity contribution >= 4 is 64.3 Å². The van der Waals surface area contributed by atoms with Gasteiger partial charge in [0.15, 0.2) is 24.6 Å². The van der Waals surface area contributed by atoms with E-state index in [1.807, 2.05) is 0 Å². The number of nitrogens with two attached hydrogens (primary N) is 2. The Kier molecular flexibility index (Phi) is 9.07. The average Bonchev–Trinajstić information content (AvgIpc) is 3.52. The number of carbonyl (C=O) groups is 1. The second-order valence-corrected chi connectivity index (χ2v) is 14.4. The van der Waals surface area contributed by atoms with Gasteiger partial charge in [-0.05, 0) is 0 Å². The number of hydrogen-bond donors (Lipinski definition) is 12. The predicted molar refractivity (Wildman–Crippen MR) is 160 cm³/mol. The molecule has 47 heavy (non-hydrogen) atoms. The van der Waals surface area contributed by atoms with Crippen LogP contribution in [0.5, 0.6) is 0 Å². The van der Waals surface area contributed by atoms with Crippen molar-refractivity contribution in [3.05, 3.63) is 31.7 Å². The minimum absolute atomic E-state index is 0.0114. The van der Waals surface area contributed by atoms with E-state index in [1.165, 1.54) is 4.90 Å². The molecule has 0 spiro atoms. The van der Waals surface area contributed by atoms with E-state index in [2.05, 4.69) is 40.9 Å². The van der Waals surface area contributed by atoms with E-state index in [0.717, 1.165) is 0 Å². The van der Waals surface area contributed by atoms with E-state index >= 15 is 0 Å². The first-order valence-corrected chi connectivity index (χ1v) is 17.3. The lowest BCUT2D eigenvalue weighted by Crippen LogP contribution is -2.67. The monoisotopic (exact) mass is 742 g/mol. The first-order chi connectivity index (χ1) is 22.0. The highest BCUT2D eigenvalue weighted by molar-refractivity contribution is 7.68. The van der Waals surface area contributed by atoms with E-state index in [0.29, 0.717) is 0 Å². The number of nitrogen functional groups attached to an aromatic ring is 1. The minimum Gasteiger partial charge on any atom is -0.783 e. The van der Waals surface area contributed by atoms with Gasteiger partial charge in [-0.25, -0.2) is 9.13 Å². The summed E-state index contributed by atoms with van der Waals surface area (Å²) in [6.07, 6.45) is -9.09. The molecule has 1 aromatic rings. The largest absolute Gasteiger partial charge is 0.783 e. The fraction of sp³-hybridized carbons (Fsp3) is 0.550. The fourth-order valence-corrected chi connectivity index (χ4v) is 7.85. The lowest BCUT2D eigenvalue weighted by Gasteiger charge is -2.50. The van der Waals surface area contributed by atoms with Crippen molar-refractivity contribution in [1.29, 1.82) is 0 Å². The van der Waals surface area contributed by atoms with Crippen molar-refractivity contribution in [2.24, 2.45) is 5.73 Å². The Morgan fingerprint density at radius 3 is 2.43 bits per heavy atom. The Morgan fingerprint density at radius 1 is 1.00 bits per heavy atom. The van der Waals surface area contributed by atoms with Crippen molar-refractivity contribution < 1.29 is 56.8 Å². The van der Waals surface area contributed by atoms with Crippen LogP contribution in [-0.4, -0.2) is 105 Å². The molecule has 0 radical (unpaired) electrons. The molecule has 5 aliphatic heterocycles. The second kappa shape index (κ2) is 12.5. The van der Waals surface area contributed by atoms with Crippen LogP contribution in [0.25, 0.3) is 0 Å². The molecule has 23 nitrogen and oxygen atoms in total. The number of phosphoric ester groups is 2. The molecule has 6 rings (SSSR count). The number of aromatic amines is 1. The zero-order valence-corrected chi connectivity index (χ0v) is 26.9. The van der Waals surface area contributed by atoms with Gasteiger partial charge in [0.25, 0.3) is 11.5 Å². The van der Waals surface area contributed by atoms with Crippen molar-refractivity contribution in [3.63, 3.8) is 0 Å². The number of H-pyrrole nitrogens is 1. The molecule has 27 heteroatoms. The number of anilines is 3. The minimum atomic E-state index is -5.37. The molecule has 260 valence electrons. The summed E-state index contributed by atoms with van der Waals surface area (Å²) < 4.78 is 50.5. The quantitative estimate of drug-likeness (QED) is 0.0832. The molecule has 0 bridgehead atoms. The molecule has 0 aromatic carbocycles. The Balaban J connectivity index is 1.03. The molecular weight excluding hydrogens is 714 g/mol. The van der Waals surface area contributed by atoms with Crippen LogP contribution >= 0.6 is 15.6 Å². The van der Waals surface area contributed by atoms with Gasteiger partial charge in [0, 0.05) is 0 Å². The number of nitrogens with zero attached hydrogens (tertiary/aromatic N) is 2. The molecule has 14 N–H and O–H groups in total. The summed E-state index contributed by atoms with van der Waals surface area (Å²) in [5, 5.41) is 34.9. The lowest BCUT2D eigenvalue weighted by molar-refractivity contribution is -0.120. The third kappa shape index (κ3) is 6.73. The molecule has 0 saturated carbocycles. The number of rotatable bonds is 9. The van der Waals surface area contributed by atoms with Gasteiger partial charge >= 0.3 is 15.6 Å². The molecule has 1 aromatic heterocycles. The highest BCUT2D eigenvalue weighted by atomic mass is 32.1. The summed E-state index contributed by atoms with van der Waals surface area (Å²) in [6, 6.07) is -0.780. The van der Waals surface area contributed by atoms with Crippen LogP contribution in [0.4, 0.5) is 17.5 Å². The van der Waals surface area contributed by atoms with E-state index in [1.54, 1.807) is 0 Å². The van der Waals surface area contributed by atoms with Gasteiger partial charge in [0.05, 0.1) is 32.0 Å². The maximum atomic E-state index is 12.6. The van der Waals surface area contributed by atoms with Crippen molar-refractivity contribution in [2.75, 3.05) is 35.8 Å². The predicted octanol–water partition coefficient (Wildman–Crippen LogP) is -5.04. The summed E-state index contributed by atoms with van der Waals surface area (Å²) >= 11 is 10.7. The highest BCUT2D eigenvalue weighted by Gasteiger charge is 2.49. The maximum Gasteiger partial charge on any atom is 0.481 e. The van der Waals surface area contributed by atoms with Crippen LogP contribution in [-0.2, 0) is 62.0 Å². The van der Waals surface area contributed by atoms with Crippen molar-refractivity contribution in [1.82, 2.24) is 31.2 Å². The van der Waals surface area contributed by atoms with Gasteiger partial charge < -0.3 is 91.9 Å². The molecule has 1 saturated heterocycles. The third-order valence-electron chi connectivity index (χ3n) is 7.34. The Labute approximate surface area is 274 Å². The summed E-state index contributed by atoms with van der Waals surface area (Å²) in [6.45, 7) is -1.74. The number of aliphatic hydroxyl groups is 2. The summed E-state index contributed by atoms with van der Waals surface area (Å²) in [7, 11) is -10.7. The van der Waals surface area contributed by atoms with Gasteiger partial charge in [-0.15, -0.1) is 0 Å². The zero-order chi connectivity index (χ0) is 34.0. The molecule has 1 fully saturated rings. The van der Waals surface area contributed by atoms with Crippen LogP contribution in [0.3, 0.4) is 0 Å². The molecule has 0 aliphatic carbocycles. The number of amides is 1. The Hall–Kier alpha value is -2.87. The summed E-state index contributed by atoms with van der Waals surface area (Å²) in [5.74, 6) is -0.493. The number of carbonyl (C=O) groups excluding carboxylic acids is 1. The molecule has 3 unspecified atom stereocenters. The van der Waals surface area contributed by atoms with E-state index < -0.39 is 89.5 Å². The number of hydrogen-bond acceptors (Lipinski definition) is 21. The Bertz CT molecular complexity index is 1680. The first kappa shape index (κ1) is 34.0. The van der Waals surface area contributed by atoms with Gasteiger partial charge in [0.1, 0.15) is 35.5 Å². The van der Waals surface area contributed by atoms with Gasteiger partial charge in [0.2, 0.25) is 5.95 Å². The number of fused-ring (bicyclic) bond motifs is 2. The highest BCUT2D eigenvalue weighted by Crippen LogP contribution is 2.60. The van der Waals surface area contributed by atoms with Crippen LogP contribution < -0.4 is 48.5 Å². The van der Waals surface area contributed by atoms with Crippen LogP contribution in [0.1, 0.15) is 0 Å². The molecule has 6 heterocycles. The SMILES string of the molecule is Nc1nc2c(c(=O)[nH]1)NCN2[C@@H]1O[C@H](COP(=O)(O)OP(=O)(O)OC[C@H]2O[C@H]3NC4=C(N[C@H]3C([S-])=C2[S-])C(=O)NC(N)N4)[C@@H](O)[C@H]1O. The van der Waals surface area contributed by atoms with E-state index in [-0.39, 0.29) is 45.5 Å². The van der Waals surface area contributed by atoms with Crippen molar-refractivity contribution in [3.8, 4) is 0 Å². The normalized spacial score (nSPS) is 34.1. The Morgan fingerprint density at radius 2 is 1.70 bits per heavy atom. The van der Waals surface area contributed by atoms with Crippen molar-refractivity contribution in [2.45, 2.75) is 49.2 Å². The number of nitrogens with one attached hydrogen (secondary N) is 6. The van der Waals surface area contributed by atoms with Crippen LogP contribution in [0.2, 0.25) is 0 Å². The zero-order valence-electron chi connectivity index (χ0n) is 23.5. The summed E-state index contributed by atoms with van der Waals surface area (Å²) in [5.41, 5.74) is 10.9. The van der Waals surface area contributed by atoms with E-state index in [4.69, 9.17) is 55.2 Å². The molecular formula is C20H28N10O13P2S2-2. The second-order valence-electron chi connectivity index (χ2n) is 10.5. The number of aliphatic hydroxyl groups excluding tert-OH is 2. The first-order valence-electron chi connectivity index (χ1n) is 13.5. The maximum absolute atomic E-state index is 12.6. The topological polar surface area (TPSA) is 339 Å². The standard InChI is InChI=1S/C20H30N10O13P2S2/c21-19-26-13-7(15(33)28-19)24-6-12(47)11(46)5(41-17(6)25-13)2-40-45(37,38)43-44(35,36)39-1-4-9(31)10(32)18(42-4)30-3-23-8-14(30)27-20(22)29-16(8)34/h4-6,9-10,17-19,23-26,31-32,46-47H,1-3,21H2,(H,28,33)(H,35,36)(H,37,38)(H3,22,27,29,34)/p-2/t4-,5-,6+,9-,10-,17-,18-,19?/m1/s1. The lowest BCUT2D eigenvalue weighted by atomic mass is 10.1. The summed E-state index contributed by atoms with van der Waals surface area (Å²) in [4.78, 5) is 52.4. The smallest absolute Gasteiger partial charge is 0.481 e. The van der Waals surface area contributed by atoms with Gasteiger partial charge in [-0.3, -0.25) is 29.4 Å². The van der Waals surface area contributed by atoms with Gasteiger partial charge in [-0.2, -0.15) is 19.1 Å². The van der Waals surface area contributed by atoms with Crippen LogP contribution in [0, 0.1) is 0 Å².